The number of nitrogens with zero attached hydrogens (tertiary/aromatic N) is 4. The van der Waals surface area contributed by atoms with Gasteiger partial charge in [0, 0.05) is 35.9 Å². The molecule has 2 N–H and O–H groups in total. The second kappa shape index (κ2) is 8.55. The number of benzene rings is 1. The Kier molecular flexibility index (Phi) is 5.93. The van der Waals surface area contributed by atoms with Gasteiger partial charge in [0.15, 0.2) is 0 Å². The SMILES string of the molecule is CCCN(OCC)C(=O)C1=Cc2ccc(-c3cccnn3)cc2N=C(N)C1. The minimum Gasteiger partial charge on any atom is -0.387 e. The van der Waals surface area contributed by atoms with E-state index in [9.17, 15) is 4.79 Å². The molecule has 0 atom stereocenters. The number of hydroxylamine groups is 2. The van der Waals surface area contributed by atoms with E-state index in [0.29, 0.717) is 30.2 Å². The minimum absolute atomic E-state index is 0.178. The van der Waals surface area contributed by atoms with Crippen LogP contribution in [0.2, 0.25) is 0 Å². The molecule has 7 nitrogen and oxygen atoms in total. The topological polar surface area (TPSA) is 93.7 Å². The molecule has 1 aliphatic heterocycles. The van der Waals surface area contributed by atoms with Gasteiger partial charge in [-0.05, 0) is 37.6 Å². The number of aromatic nitrogens is 2. The second-order valence-corrected chi connectivity index (χ2v) is 6.16. The summed E-state index contributed by atoms with van der Waals surface area (Å²) in [6.07, 6.45) is 4.55. The summed E-state index contributed by atoms with van der Waals surface area (Å²) in [5, 5.41) is 9.44. The molecule has 0 fully saturated rings. The molecular formula is C20H23N5O2. The predicted octanol–water partition coefficient (Wildman–Crippen LogP) is 3.11. The molecule has 27 heavy (non-hydrogen) atoms. The highest BCUT2D eigenvalue weighted by Crippen LogP contribution is 2.31. The monoisotopic (exact) mass is 365 g/mol. The summed E-state index contributed by atoms with van der Waals surface area (Å²) in [7, 11) is 0. The average molecular weight is 365 g/mol. The van der Waals surface area contributed by atoms with Crippen LogP contribution in [0.5, 0.6) is 0 Å². The molecule has 0 bridgehead atoms. The smallest absolute Gasteiger partial charge is 0.273 e. The Labute approximate surface area is 158 Å². The van der Waals surface area contributed by atoms with Gasteiger partial charge >= 0.3 is 0 Å². The van der Waals surface area contributed by atoms with Gasteiger partial charge in [-0.2, -0.15) is 10.2 Å². The Balaban J connectivity index is 1.96. The van der Waals surface area contributed by atoms with Crippen LogP contribution in [0.25, 0.3) is 17.3 Å². The number of hydrogen-bond donors (Lipinski definition) is 1. The fourth-order valence-electron chi connectivity index (χ4n) is 2.89. The number of hydrogen-bond acceptors (Lipinski definition) is 6. The van der Waals surface area contributed by atoms with Crippen LogP contribution < -0.4 is 5.73 Å². The third-order valence-corrected chi connectivity index (χ3v) is 4.08. The van der Waals surface area contributed by atoms with Crippen molar-refractivity contribution >= 4 is 23.5 Å². The maximum atomic E-state index is 12.9. The zero-order chi connectivity index (χ0) is 19.2. The van der Waals surface area contributed by atoms with Crippen LogP contribution in [0, 0.1) is 0 Å². The number of carbonyl (C=O) groups excluding carboxylic acids is 1. The van der Waals surface area contributed by atoms with Crippen molar-refractivity contribution < 1.29 is 9.63 Å². The van der Waals surface area contributed by atoms with E-state index in [1.807, 2.05) is 50.3 Å². The molecule has 1 aliphatic rings. The Bertz CT molecular complexity index is 871. The number of nitrogens with two attached hydrogens (primary N) is 1. The first-order valence-corrected chi connectivity index (χ1v) is 9.02. The van der Waals surface area contributed by atoms with Gasteiger partial charge in [0.05, 0.1) is 18.0 Å². The van der Waals surface area contributed by atoms with E-state index in [4.69, 9.17) is 10.6 Å². The van der Waals surface area contributed by atoms with Crippen LogP contribution >= 0.6 is 0 Å². The van der Waals surface area contributed by atoms with Gasteiger partial charge in [-0.15, -0.1) is 0 Å². The van der Waals surface area contributed by atoms with Crippen molar-refractivity contribution in [1.82, 2.24) is 15.3 Å². The van der Waals surface area contributed by atoms with Crippen molar-refractivity contribution in [3.63, 3.8) is 0 Å². The molecule has 140 valence electrons. The maximum Gasteiger partial charge on any atom is 0.273 e. The summed E-state index contributed by atoms with van der Waals surface area (Å²) >= 11 is 0. The van der Waals surface area contributed by atoms with Gasteiger partial charge in [-0.25, -0.2) is 10.1 Å². The summed E-state index contributed by atoms with van der Waals surface area (Å²) < 4.78 is 0. The molecule has 1 amide bonds. The quantitative estimate of drug-likeness (QED) is 0.794. The largest absolute Gasteiger partial charge is 0.387 e. The maximum absolute atomic E-state index is 12.9. The number of amidine groups is 1. The van der Waals surface area contributed by atoms with Gasteiger partial charge < -0.3 is 5.73 Å². The van der Waals surface area contributed by atoms with Crippen LogP contribution in [-0.2, 0) is 9.63 Å². The molecule has 7 heteroatoms. The van der Waals surface area contributed by atoms with Crippen molar-refractivity contribution in [2.24, 2.45) is 10.7 Å². The zero-order valence-corrected chi connectivity index (χ0v) is 15.6. The Morgan fingerprint density at radius 1 is 1.30 bits per heavy atom. The first-order valence-electron chi connectivity index (χ1n) is 9.02. The lowest BCUT2D eigenvalue weighted by Gasteiger charge is -2.21. The van der Waals surface area contributed by atoms with Gasteiger partial charge in [0.2, 0.25) is 0 Å². The number of carbonyl (C=O) groups is 1. The summed E-state index contributed by atoms with van der Waals surface area (Å²) in [5.41, 5.74) is 9.83. The molecule has 1 aromatic carbocycles. The summed E-state index contributed by atoms with van der Waals surface area (Å²) in [6, 6.07) is 9.47. The van der Waals surface area contributed by atoms with Crippen LogP contribution in [-0.4, -0.2) is 40.2 Å². The fraction of sp³-hybridized carbons (Fsp3) is 0.300. The van der Waals surface area contributed by atoms with Gasteiger partial charge in [-0.3, -0.25) is 9.63 Å². The summed E-state index contributed by atoms with van der Waals surface area (Å²) in [6.45, 7) is 4.82. The first-order chi connectivity index (χ1) is 13.1. The van der Waals surface area contributed by atoms with Crippen LogP contribution in [0.1, 0.15) is 32.3 Å². The number of fused-ring (bicyclic) bond motifs is 1. The fourth-order valence-corrected chi connectivity index (χ4v) is 2.89. The van der Waals surface area contributed by atoms with E-state index in [2.05, 4.69) is 15.2 Å². The molecule has 0 radical (unpaired) electrons. The van der Waals surface area contributed by atoms with E-state index < -0.39 is 0 Å². The highest BCUT2D eigenvalue weighted by atomic mass is 16.7. The van der Waals surface area contributed by atoms with E-state index in [0.717, 1.165) is 23.2 Å². The Morgan fingerprint density at radius 2 is 2.15 bits per heavy atom. The predicted molar refractivity (Wildman–Crippen MR) is 105 cm³/mol. The standard InChI is InChI=1S/C20H23N5O2/c1-3-10-25(27-4-2)20(26)16-11-14-7-8-15(17-6-5-9-22-24-17)12-18(14)23-19(21)13-16/h5-9,11-12H,3-4,10,13H2,1-2H3,(H2,21,23). The molecule has 0 saturated heterocycles. The normalized spacial score (nSPS) is 13.3. The van der Waals surface area contributed by atoms with E-state index >= 15 is 0 Å². The molecule has 3 rings (SSSR count). The van der Waals surface area contributed by atoms with E-state index in [1.54, 1.807) is 6.20 Å². The van der Waals surface area contributed by atoms with Crippen molar-refractivity contribution in [1.29, 1.82) is 0 Å². The van der Waals surface area contributed by atoms with Gasteiger partial charge in [0.1, 0.15) is 5.84 Å². The molecular weight excluding hydrogens is 342 g/mol. The van der Waals surface area contributed by atoms with Crippen LogP contribution in [0.3, 0.4) is 0 Å². The lowest BCUT2D eigenvalue weighted by molar-refractivity contribution is -0.180. The zero-order valence-electron chi connectivity index (χ0n) is 15.6. The lowest BCUT2D eigenvalue weighted by atomic mass is 10.0. The molecule has 0 unspecified atom stereocenters. The highest BCUT2D eigenvalue weighted by Gasteiger charge is 2.22. The van der Waals surface area contributed by atoms with Crippen molar-refractivity contribution in [3.05, 3.63) is 47.7 Å². The molecule has 2 aromatic rings. The minimum atomic E-state index is -0.178. The highest BCUT2D eigenvalue weighted by molar-refractivity contribution is 6.05. The average Bonchev–Trinajstić information content (AvgIpc) is 2.85. The van der Waals surface area contributed by atoms with E-state index in [-0.39, 0.29) is 12.3 Å². The molecule has 2 heterocycles. The number of aliphatic imine (C=N–C) groups is 1. The molecule has 0 aliphatic carbocycles. The Morgan fingerprint density at radius 3 is 2.85 bits per heavy atom. The van der Waals surface area contributed by atoms with Crippen LogP contribution in [0.15, 0.2) is 47.1 Å². The van der Waals surface area contributed by atoms with Crippen molar-refractivity contribution in [3.8, 4) is 11.3 Å². The molecule has 0 spiro atoms. The molecule has 0 saturated carbocycles. The second-order valence-electron chi connectivity index (χ2n) is 6.16. The lowest BCUT2D eigenvalue weighted by Crippen LogP contribution is -2.34. The first kappa shape index (κ1) is 18.7. The molecule has 1 aromatic heterocycles. The van der Waals surface area contributed by atoms with Gasteiger partial charge in [0.25, 0.3) is 5.91 Å². The third kappa shape index (κ3) is 4.38. The van der Waals surface area contributed by atoms with Gasteiger partial charge in [-0.1, -0.05) is 19.1 Å². The van der Waals surface area contributed by atoms with E-state index in [1.165, 1.54) is 5.06 Å². The summed E-state index contributed by atoms with van der Waals surface area (Å²) in [5.74, 6) is 0.209. The third-order valence-electron chi connectivity index (χ3n) is 4.08. The number of rotatable bonds is 6. The number of amides is 1. The Hall–Kier alpha value is -3.06. The summed E-state index contributed by atoms with van der Waals surface area (Å²) in [4.78, 5) is 22.9. The van der Waals surface area contributed by atoms with Crippen molar-refractivity contribution in [2.45, 2.75) is 26.7 Å². The van der Waals surface area contributed by atoms with Crippen molar-refractivity contribution in [2.75, 3.05) is 13.2 Å². The van der Waals surface area contributed by atoms with Crippen LogP contribution in [0.4, 0.5) is 5.69 Å².